The molecule has 21 heavy (non-hydrogen) atoms. The molecule has 0 aromatic rings. The molecule has 0 radical (unpaired) electrons. The highest BCUT2D eigenvalue weighted by atomic mass is 35.5. The molecule has 0 bridgehead atoms. The smallest absolute Gasteiger partial charge is 0.220 e. The quantitative estimate of drug-likeness (QED) is 0.825. The average molecular weight is 338 g/mol. The van der Waals surface area contributed by atoms with Crippen LogP contribution < -0.4 is 11.1 Å². The van der Waals surface area contributed by atoms with Gasteiger partial charge in [-0.15, -0.1) is 24.8 Å². The van der Waals surface area contributed by atoms with E-state index in [1.54, 1.807) is 0 Å². The van der Waals surface area contributed by atoms with Gasteiger partial charge in [-0.3, -0.25) is 9.69 Å². The van der Waals surface area contributed by atoms with E-state index in [-0.39, 0.29) is 36.8 Å². The summed E-state index contributed by atoms with van der Waals surface area (Å²) >= 11 is 0. The Morgan fingerprint density at radius 2 is 1.81 bits per heavy atom. The molecule has 0 spiro atoms. The second-order valence-electron chi connectivity index (χ2n) is 6.69. The van der Waals surface area contributed by atoms with Crippen molar-refractivity contribution in [1.82, 2.24) is 10.2 Å². The Bertz CT molecular complexity index is 339. The van der Waals surface area contributed by atoms with Crippen molar-refractivity contribution in [2.45, 2.75) is 69.5 Å². The summed E-state index contributed by atoms with van der Waals surface area (Å²) in [5.74, 6) is 0.639. The van der Waals surface area contributed by atoms with Crippen LogP contribution in [0.15, 0.2) is 0 Å². The molecular formula is C15H29Cl2N3O. The first-order chi connectivity index (χ1) is 9.22. The first kappa shape index (κ1) is 19.0. The molecule has 0 aromatic heterocycles. The van der Waals surface area contributed by atoms with Crippen LogP contribution in [-0.4, -0.2) is 42.0 Å². The third-order valence-electron chi connectivity index (χ3n) is 5.06. The zero-order valence-corrected chi connectivity index (χ0v) is 14.3. The van der Waals surface area contributed by atoms with Gasteiger partial charge in [0.1, 0.15) is 0 Å². The predicted octanol–water partition coefficient (Wildman–Crippen LogP) is 2.09. The van der Waals surface area contributed by atoms with Gasteiger partial charge in [-0.25, -0.2) is 0 Å². The maximum Gasteiger partial charge on any atom is 0.220 e. The number of rotatable bonds is 4. The highest BCUT2D eigenvalue weighted by Gasteiger charge is 2.35. The maximum absolute atomic E-state index is 12.1. The second-order valence-corrected chi connectivity index (χ2v) is 6.69. The van der Waals surface area contributed by atoms with Gasteiger partial charge >= 0.3 is 0 Å². The van der Waals surface area contributed by atoms with Crippen molar-refractivity contribution in [2.75, 3.05) is 13.1 Å². The number of likely N-dealkylation sites (tertiary alicyclic amines) is 1. The largest absolute Gasteiger partial charge is 0.352 e. The lowest BCUT2D eigenvalue weighted by Gasteiger charge is -2.28. The Morgan fingerprint density at radius 1 is 1.10 bits per heavy atom. The summed E-state index contributed by atoms with van der Waals surface area (Å²) in [5, 5.41) is 3.22. The van der Waals surface area contributed by atoms with Crippen LogP contribution in [0.4, 0.5) is 0 Å². The molecular weight excluding hydrogens is 309 g/mol. The van der Waals surface area contributed by atoms with Crippen molar-refractivity contribution in [1.29, 1.82) is 0 Å². The van der Waals surface area contributed by atoms with Gasteiger partial charge in [0.25, 0.3) is 0 Å². The average Bonchev–Trinajstić information content (AvgIpc) is 3.14. The Labute approximate surface area is 140 Å². The van der Waals surface area contributed by atoms with E-state index in [0.29, 0.717) is 18.4 Å². The summed E-state index contributed by atoms with van der Waals surface area (Å²) in [6, 6.07) is 1.45. The number of nitrogens with one attached hydrogen (secondary N) is 1. The zero-order chi connectivity index (χ0) is 13.2. The monoisotopic (exact) mass is 337 g/mol. The molecule has 1 saturated heterocycles. The fourth-order valence-corrected chi connectivity index (χ4v) is 3.69. The number of amides is 1. The molecule has 124 valence electrons. The van der Waals surface area contributed by atoms with Gasteiger partial charge in [-0.1, -0.05) is 12.8 Å². The lowest BCUT2D eigenvalue weighted by atomic mass is 9.83. The van der Waals surface area contributed by atoms with E-state index in [1.165, 1.54) is 32.2 Å². The number of hydrogen-bond donors (Lipinski definition) is 2. The van der Waals surface area contributed by atoms with E-state index >= 15 is 0 Å². The second kappa shape index (κ2) is 8.56. The van der Waals surface area contributed by atoms with Gasteiger partial charge in [-0.2, -0.15) is 0 Å². The summed E-state index contributed by atoms with van der Waals surface area (Å²) in [7, 11) is 0. The minimum Gasteiger partial charge on any atom is -0.352 e. The molecule has 6 heteroatoms. The first-order valence-electron chi connectivity index (χ1n) is 8.01. The van der Waals surface area contributed by atoms with Crippen LogP contribution in [0.2, 0.25) is 0 Å². The van der Waals surface area contributed by atoms with E-state index in [4.69, 9.17) is 5.73 Å². The predicted molar refractivity (Wildman–Crippen MR) is 90.2 cm³/mol. The van der Waals surface area contributed by atoms with Crippen LogP contribution in [0.1, 0.15) is 51.4 Å². The Kier molecular flexibility index (Phi) is 7.75. The molecule has 4 nitrogen and oxygen atoms in total. The number of carbonyl (C=O) groups is 1. The van der Waals surface area contributed by atoms with Crippen molar-refractivity contribution in [2.24, 2.45) is 11.7 Å². The lowest BCUT2D eigenvalue weighted by Crippen LogP contribution is -2.41. The van der Waals surface area contributed by atoms with E-state index < -0.39 is 0 Å². The molecule has 3 N–H and O–H groups in total. The highest BCUT2D eigenvalue weighted by Crippen LogP contribution is 2.30. The molecule has 0 aromatic carbocycles. The summed E-state index contributed by atoms with van der Waals surface area (Å²) in [5.41, 5.74) is 6.12. The maximum atomic E-state index is 12.1. The number of nitrogens with zero attached hydrogens (tertiary/aromatic N) is 1. The molecule has 1 aliphatic heterocycles. The third kappa shape index (κ3) is 5.27. The van der Waals surface area contributed by atoms with Crippen molar-refractivity contribution in [3.8, 4) is 0 Å². The highest BCUT2D eigenvalue weighted by molar-refractivity contribution is 5.85. The van der Waals surface area contributed by atoms with Crippen molar-refractivity contribution >= 4 is 30.7 Å². The number of nitrogens with two attached hydrogens (primary N) is 1. The fraction of sp³-hybridized carbons (Fsp3) is 0.933. The van der Waals surface area contributed by atoms with Gasteiger partial charge in [0.05, 0.1) is 0 Å². The minimum absolute atomic E-state index is 0. The van der Waals surface area contributed by atoms with Crippen molar-refractivity contribution in [3.05, 3.63) is 0 Å². The zero-order valence-electron chi connectivity index (χ0n) is 12.6. The van der Waals surface area contributed by atoms with Crippen LogP contribution >= 0.6 is 24.8 Å². The molecule has 3 fully saturated rings. The van der Waals surface area contributed by atoms with E-state index in [9.17, 15) is 4.79 Å². The van der Waals surface area contributed by atoms with E-state index in [1.807, 2.05) is 0 Å². The summed E-state index contributed by atoms with van der Waals surface area (Å²) < 4.78 is 0. The molecule has 1 heterocycles. The van der Waals surface area contributed by atoms with Crippen LogP contribution in [0.5, 0.6) is 0 Å². The molecule has 3 aliphatic rings. The molecule has 3 unspecified atom stereocenters. The standard InChI is InChI=1S/C15H27N3O.2ClH/c16-14-4-2-1-3-11(14)9-15(19)17-12-7-8-18(10-12)13-5-6-13;;/h11-14H,1-10,16H2,(H,17,19);2*1H. The van der Waals surface area contributed by atoms with Gasteiger partial charge in [0, 0.05) is 37.6 Å². The van der Waals surface area contributed by atoms with E-state index in [2.05, 4.69) is 10.2 Å². The van der Waals surface area contributed by atoms with Crippen molar-refractivity contribution in [3.63, 3.8) is 0 Å². The molecule has 3 rings (SSSR count). The van der Waals surface area contributed by atoms with Crippen LogP contribution in [0, 0.1) is 5.92 Å². The number of halogens is 2. The lowest BCUT2D eigenvalue weighted by molar-refractivity contribution is -0.123. The third-order valence-corrected chi connectivity index (χ3v) is 5.06. The molecule has 2 aliphatic carbocycles. The molecule has 2 saturated carbocycles. The topological polar surface area (TPSA) is 58.4 Å². The van der Waals surface area contributed by atoms with Crippen molar-refractivity contribution < 1.29 is 4.79 Å². The Balaban J connectivity index is 0.00000110. The fourth-order valence-electron chi connectivity index (χ4n) is 3.69. The Hall–Kier alpha value is -0.0300. The SMILES string of the molecule is Cl.Cl.NC1CCCCC1CC(=O)NC1CCN(C2CC2)C1. The summed E-state index contributed by atoms with van der Waals surface area (Å²) in [4.78, 5) is 14.7. The molecule has 3 atom stereocenters. The summed E-state index contributed by atoms with van der Waals surface area (Å²) in [6.07, 6.45) is 9.18. The number of hydrogen-bond acceptors (Lipinski definition) is 3. The first-order valence-corrected chi connectivity index (χ1v) is 8.01. The number of carbonyl (C=O) groups excluding carboxylic acids is 1. The van der Waals surface area contributed by atoms with Gasteiger partial charge < -0.3 is 11.1 Å². The van der Waals surface area contributed by atoms with Crippen LogP contribution in [0.3, 0.4) is 0 Å². The van der Waals surface area contributed by atoms with Gasteiger partial charge in [-0.05, 0) is 38.0 Å². The normalized spacial score (nSPS) is 32.9. The summed E-state index contributed by atoms with van der Waals surface area (Å²) in [6.45, 7) is 2.23. The van der Waals surface area contributed by atoms with Crippen LogP contribution in [0.25, 0.3) is 0 Å². The van der Waals surface area contributed by atoms with Gasteiger partial charge in [0.2, 0.25) is 5.91 Å². The molecule has 1 amide bonds. The van der Waals surface area contributed by atoms with Gasteiger partial charge in [0.15, 0.2) is 0 Å². The van der Waals surface area contributed by atoms with Crippen LogP contribution in [-0.2, 0) is 4.79 Å². The Morgan fingerprint density at radius 3 is 2.48 bits per heavy atom. The van der Waals surface area contributed by atoms with E-state index in [0.717, 1.165) is 31.8 Å². The minimum atomic E-state index is 0.